The molecule has 1 N–H and O–H groups in total. The second-order valence-corrected chi connectivity index (χ2v) is 3.44. The molecule has 0 radical (unpaired) electrons. The Labute approximate surface area is 99.6 Å². The van der Waals surface area contributed by atoms with Gasteiger partial charge in [-0.3, -0.25) is 4.79 Å². The Bertz CT molecular complexity index is 315. The molecular weight excluding hydrogens is 228 g/mol. The highest BCUT2D eigenvalue weighted by molar-refractivity contribution is 7.81. The average Bonchev–Trinajstić information content (AvgIpc) is 2.34. The summed E-state index contributed by atoms with van der Waals surface area (Å²) >= 11 is 3.74. The fraction of sp³-hybridized carbons (Fsp3) is 0.364. The lowest BCUT2D eigenvalue weighted by Gasteiger charge is -2.12. The number of hydrogen-bond acceptors (Lipinski definition) is 5. The quantitative estimate of drug-likeness (QED) is 0.575. The van der Waals surface area contributed by atoms with E-state index in [0.29, 0.717) is 5.75 Å². The summed E-state index contributed by atoms with van der Waals surface area (Å²) in [5.41, 5.74) is 0. The van der Waals surface area contributed by atoms with Crippen molar-refractivity contribution >= 4 is 18.6 Å². The van der Waals surface area contributed by atoms with E-state index >= 15 is 0 Å². The molecule has 0 saturated carbocycles. The molecule has 0 fully saturated rings. The van der Waals surface area contributed by atoms with E-state index in [4.69, 9.17) is 9.47 Å². The zero-order valence-electron chi connectivity index (χ0n) is 8.70. The molecule has 1 atom stereocenters. The summed E-state index contributed by atoms with van der Waals surface area (Å²) in [4.78, 5) is 10.7. The Morgan fingerprint density at radius 1 is 1.31 bits per heavy atom. The summed E-state index contributed by atoms with van der Waals surface area (Å²) < 4.78 is 9.97. The lowest BCUT2D eigenvalue weighted by atomic mass is 10.3. The predicted molar refractivity (Wildman–Crippen MR) is 62.8 cm³/mol. The summed E-state index contributed by atoms with van der Waals surface area (Å²) in [5.74, 6) is 0.218. The van der Waals surface area contributed by atoms with Crippen LogP contribution >= 0.6 is 12.6 Å². The van der Waals surface area contributed by atoms with E-state index in [-0.39, 0.29) is 19.0 Å². The molecule has 0 aromatic heterocycles. The molecule has 0 spiro atoms. The Hall–Kier alpha value is -1.20. The number of esters is 1. The van der Waals surface area contributed by atoms with Crippen LogP contribution in [0.1, 0.15) is 0 Å². The largest absolute Gasteiger partial charge is 0.491 e. The molecule has 0 aliphatic carbocycles. The predicted octanol–water partition coefficient (Wildman–Crippen LogP) is 0.899. The number of benzene rings is 1. The molecule has 0 heterocycles. The molecular formula is C11H14O4S. The van der Waals surface area contributed by atoms with Crippen molar-refractivity contribution in [2.24, 2.45) is 0 Å². The van der Waals surface area contributed by atoms with Gasteiger partial charge in [0.25, 0.3) is 0 Å². The summed E-state index contributed by atoms with van der Waals surface area (Å²) in [5, 5.41) is 9.43. The fourth-order valence-electron chi connectivity index (χ4n) is 0.992. The smallest absolute Gasteiger partial charge is 0.315 e. The maximum absolute atomic E-state index is 10.7. The lowest BCUT2D eigenvalue weighted by molar-refractivity contribution is -0.143. The summed E-state index contributed by atoms with van der Waals surface area (Å²) in [6.07, 6.45) is -0.830. The normalized spacial score (nSPS) is 11.9. The summed E-state index contributed by atoms with van der Waals surface area (Å²) in [6.45, 7) is 0.0100. The molecule has 1 unspecified atom stereocenters. The molecule has 0 saturated heterocycles. The molecule has 0 aliphatic rings. The number of carbonyl (C=O) groups excluding carboxylic acids is 1. The van der Waals surface area contributed by atoms with Crippen molar-refractivity contribution in [3.8, 4) is 5.75 Å². The highest BCUT2D eigenvalue weighted by Gasteiger charge is 2.08. The maximum atomic E-state index is 10.7. The van der Waals surface area contributed by atoms with Gasteiger partial charge in [0.15, 0.2) is 0 Å². The van der Waals surface area contributed by atoms with Crippen molar-refractivity contribution in [3.05, 3.63) is 30.3 Å². The highest BCUT2D eigenvalue weighted by Crippen LogP contribution is 2.08. The van der Waals surface area contributed by atoms with E-state index in [1.807, 2.05) is 18.2 Å². The van der Waals surface area contributed by atoms with Gasteiger partial charge in [-0.15, -0.1) is 0 Å². The van der Waals surface area contributed by atoms with Crippen molar-refractivity contribution < 1.29 is 19.4 Å². The van der Waals surface area contributed by atoms with Crippen molar-refractivity contribution in [2.75, 3.05) is 19.0 Å². The molecule has 4 nitrogen and oxygen atoms in total. The van der Waals surface area contributed by atoms with Gasteiger partial charge in [-0.25, -0.2) is 0 Å². The lowest BCUT2D eigenvalue weighted by Crippen LogP contribution is -2.25. The number of aliphatic hydroxyl groups is 1. The standard InChI is InChI=1S/C11H14O4S/c12-9(7-15-11(13)8-16)6-14-10-4-2-1-3-5-10/h1-5,9,12,16H,6-8H2. The first-order chi connectivity index (χ1) is 7.72. The van der Waals surface area contributed by atoms with Gasteiger partial charge in [0.05, 0.1) is 5.75 Å². The van der Waals surface area contributed by atoms with E-state index in [1.165, 1.54) is 0 Å². The Morgan fingerprint density at radius 3 is 2.62 bits per heavy atom. The minimum absolute atomic E-state index is 0.00621. The number of hydrogen-bond donors (Lipinski definition) is 2. The molecule has 1 aromatic rings. The molecule has 1 rings (SSSR count). The number of rotatable bonds is 6. The zero-order chi connectivity index (χ0) is 11.8. The van der Waals surface area contributed by atoms with Crippen molar-refractivity contribution in [2.45, 2.75) is 6.10 Å². The van der Waals surface area contributed by atoms with E-state index in [2.05, 4.69) is 12.6 Å². The van der Waals surface area contributed by atoms with E-state index in [1.54, 1.807) is 12.1 Å². The van der Waals surface area contributed by atoms with Crippen LogP contribution in [-0.4, -0.2) is 36.1 Å². The maximum Gasteiger partial charge on any atom is 0.315 e. The van der Waals surface area contributed by atoms with Gasteiger partial charge < -0.3 is 14.6 Å². The second kappa shape index (κ2) is 7.14. The Balaban J connectivity index is 2.20. The van der Waals surface area contributed by atoms with Gasteiger partial charge in [-0.1, -0.05) is 18.2 Å². The SMILES string of the molecule is O=C(CS)OCC(O)COc1ccccc1. The van der Waals surface area contributed by atoms with Gasteiger partial charge >= 0.3 is 5.97 Å². The van der Waals surface area contributed by atoms with Crippen LogP contribution in [0.15, 0.2) is 30.3 Å². The Kier molecular flexibility index (Phi) is 5.74. The van der Waals surface area contributed by atoms with Crippen LogP contribution in [0.5, 0.6) is 5.75 Å². The van der Waals surface area contributed by atoms with Crippen LogP contribution in [0.3, 0.4) is 0 Å². The van der Waals surface area contributed by atoms with Crippen LogP contribution in [0.4, 0.5) is 0 Å². The third kappa shape index (κ3) is 5.04. The van der Waals surface area contributed by atoms with Crippen LogP contribution in [0.25, 0.3) is 0 Å². The summed E-state index contributed by atoms with van der Waals surface area (Å²) in [7, 11) is 0. The first-order valence-electron chi connectivity index (χ1n) is 4.84. The Morgan fingerprint density at radius 2 is 2.00 bits per heavy atom. The second-order valence-electron chi connectivity index (χ2n) is 3.12. The number of ether oxygens (including phenoxy) is 2. The molecule has 16 heavy (non-hydrogen) atoms. The minimum atomic E-state index is -0.830. The fourth-order valence-corrected chi connectivity index (χ4v) is 1.08. The zero-order valence-corrected chi connectivity index (χ0v) is 9.60. The van der Waals surface area contributed by atoms with Crippen LogP contribution in [0.2, 0.25) is 0 Å². The van der Waals surface area contributed by atoms with Crippen LogP contribution in [-0.2, 0) is 9.53 Å². The first-order valence-corrected chi connectivity index (χ1v) is 5.48. The highest BCUT2D eigenvalue weighted by atomic mass is 32.1. The van der Waals surface area contributed by atoms with Crippen LogP contribution < -0.4 is 4.74 Å². The number of carbonyl (C=O) groups is 1. The monoisotopic (exact) mass is 242 g/mol. The van der Waals surface area contributed by atoms with E-state index in [9.17, 15) is 9.90 Å². The average molecular weight is 242 g/mol. The first kappa shape index (κ1) is 12.9. The van der Waals surface area contributed by atoms with Gasteiger partial charge in [0.2, 0.25) is 0 Å². The van der Waals surface area contributed by atoms with Crippen molar-refractivity contribution in [3.63, 3.8) is 0 Å². The number of para-hydroxylation sites is 1. The molecule has 1 aromatic carbocycles. The van der Waals surface area contributed by atoms with Crippen molar-refractivity contribution in [1.82, 2.24) is 0 Å². The molecule has 0 aliphatic heterocycles. The van der Waals surface area contributed by atoms with Gasteiger partial charge in [0, 0.05) is 0 Å². The molecule has 0 bridgehead atoms. The van der Waals surface area contributed by atoms with Crippen molar-refractivity contribution in [1.29, 1.82) is 0 Å². The minimum Gasteiger partial charge on any atom is -0.491 e. The molecule has 5 heteroatoms. The van der Waals surface area contributed by atoms with E-state index < -0.39 is 12.1 Å². The topological polar surface area (TPSA) is 55.8 Å². The summed E-state index contributed by atoms with van der Waals surface area (Å²) in [6, 6.07) is 9.11. The van der Waals surface area contributed by atoms with Crippen LogP contribution in [0, 0.1) is 0 Å². The van der Waals surface area contributed by atoms with E-state index in [0.717, 1.165) is 0 Å². The van der Waals surface area contributed by atoms with Gasteiger partial charge in [0.1, 0.15) is 25.1 Å². The van der Waals surface area contributed by atoms with Gasteiger partial charge in [-0.2, -0.15) is 12.6 Å². The number of aliphatic hydroxyl groups excluding tert-OH is 1. The molecule has 88 valence electrons. The third-order valence-corrected chi connectivity index (χ3v) is 2.01. The third-order valence-electron chi connectivity index (χ3n) is 1.75. The molecule has 0 amide bonds. The number of thiol groups is 1. The van der Waals surface area contributed by atoms with Gasteiger partial charge in [-0.05, 0) is 12.1 Å².